The van der Waals surface area contributed by atoms with Gasteiger partial charge in [0.15, 0.2) is 5.78 Å². The van der Waals surface area contributed by atoms with Gasteiger partial charge in [-0.05, 0) is 49.2 Å². The van der Waals surface area contributed by atoms with E-state index in [4.69, 9.17) is 16.3 Å². The number of benzene rings is 2. The summed E-state index contributed by atoms with van der Waals surface area (Å²) in [6.45, 7) is 2.39. The van der Waals surface area contributed by atoms with Gasteiger partial charge in [0.1, 0.15) is 5.75 Å². The summed E-state index contributed by atoms with van der Waals surface area (Å²) in [7, 11) is 0. The van der Waals surface area contributed by atoms with Gasteiger partial charge in [-0.25, -0.2) is 0 Å². The van der Waals surface area contributed by atoms with Crippen molar-refractivity contribution in [3.05, 3.63) is 64.7 Å². The summed E-state index contributed by atoms with van der Waals surface area (Å²) in [5, 5.41) is 3.49. The molecule has 0 radical (unpaired) electrons. The Morgan fingerprint density at radius 1 is 1.08 bits per heavy atom. The Morgan fingerprint density at radius 3 is 2.46 bits per heavy atom. The van der Waals surface area contributed by atoms with Crippen LogP contribution in [0.5, 0.6) is 5.75 Å². The average molecular weight is 346 g/mol. The van der Waals surface area contributed by atoms with Crippen LogP contribution in [-0.4, -0.2) is 18.3 Å². The van der Waals surface area contributed by atoms with Crippen molar-refractivity contribution in [2.75, 3.05) is 6.61 Å². The van der Waals surface area contributed by atoms with Crippen LogP contribution in [0.3, 0.4) is 0 Å². The molecule has 0 heterocycles. The number of halogens is 1. The molecular weight excluding hydrogens is 326 g/mol. The third kappa shape index (κ3) is 5.70. The number of rotatable bonds is 8. The highest BCUT2D eigenvalue weighted by atomic mass is 35.5. The van der Waals surface area contributed by atoms with Crippen molar-refractivity contribution >= 4 is 23.3 Å². The van der Waals surface area contributed by atoms with E-state index in [0.717, 1.165) is 5.56 Å². The van der Waals surface area contributed by atoms with Crippen molar-refractivity contribution in [2.45, 2.75) is 26.3 Å². The number of carbonyl (C=O) groups excluding carboxylic acids is 2. The fourth-order valence-electron chi connectivity index (χ4n) is 2.13. The molecule has 2 aromatic rings. The number of hydrogen-bond acceptors (Lipinski definition) is 3. The van der Waals surface area contributed by atoms with E-state index in [9.17, 15) is 9.59 Å². The lowest BCUT2D eigenvalue weighted by atomic mass is 10.1. The zero-order chi connectivity index (χ0) is 17.4. The minimum Gasteiger partial charge on any atom is -0.494 e. The molecule has 0 saturated carbocycles. The Morgan fingerprint density at radius 2 is 1.79 bits per heavy atom. The monoisotopic (exact) mass is 345 g/mol. The van der Waals surface area contributed by atoms with Crippen LogP contribution in [-0.2, 0) is 11.3 Å². The molecule has 4 nitrogen and oxygen atoms in total. The molecule has 5 heteroatoms. The fraction of sp³-hybridized carbons (Fsp3) is 0.263. The third-order valence-corrected chi connectivity index (χ3v) is 3.88. The quantitative estimate of drug-likeness (QED) is 0.580. The van der Waals surface area contributed by atoms with Gasteiger partial charge in [-0.2, -0.15) is 0 Å². The number of Topliss-reactive ketones (excluding diaryl/α,β-unsaturated/α-hetero) is 1. The minimum absolute atomic E-state index is 0.0248. The molecule has 126 valence electrons. The van der Waals surface area contributed by atoms with Crippen molar-refractivity contribution in [2.24, 2.45) is 0 Å². The molecule has 0 atom stereocenters. The maximum atomic E-state index is 11.8. The van der Waals surface area contributed by atoms with Gasteiger partial charge in [0.05, 0.1) is 6.61 Å². The first-order valence-electron chi connectivity index (χ1n) is 7.80. The maximum Gasteiger partial charge on any atom is 0.220 e. The first-order valence-corrected chi connectivity index (χ1v) is 8.18. The molecule has 0 aliphatic rings. The maximum absolute atomic E-state index is 11.8. The van der Waals surface area contributed by atoms with Crippen LogP contribution in [0.1, 0.15) is 35.7 Å². The van der Waals surface area contributed by atoms with Crippen molar-refractivity contribution < 1.29 is 14.3 Å². The lowest BCUT2D eigenvalue weighted by molar-refractivity contribution is -0.121. The van der Waals surface area contributed by atoms with Gasteiger partial charge in [0.2, 0.25) is 5.91 Å². The second-order valence-corrected chi connectivity index (χ2v) is 5.81. The van der Waals surface area contributed by atoms with Crippen LogP contribution in [0.15, 0.2) is 48.5 Å². The van der Waals surface area contributed by atoms with E-state index >= 15 is 0 Å². The normalized spacial score (nSPS) is 10.2. The van der Waals surface area contributed by atoms with Crippen LogP contribution in [0.25, 0.3) is 0 Å². The Labute approximate surface area is 146 Å². The van der Waals surface area contributed by atoms with Crippen LogP contribution >= 0.6 is 11.6 Å². The number of nitrogens with one attached hydrogen (secondary N) is 1. The first-order chi connectivity index (χ1) is 11.6. The SMILES string of the molecule is CC(=O)c1ccc(OCCCC(=O)NCc2ccccc2Cl)cc1. The molecular formula is C19H20ClNO3. The van der Waals surface area contributed by atoms with Gasteiger partial charge in [-0.1, -0.05) is 29.8 Å². The molecule has 0 aliphatic heterocycles. The van der Waals surface area contributed by atoms with Gasteiger partial charge in [-0.3, -0.25) is 9.59 Å². The smallest absolute Gasteiger partial charge is 0.220 e. The highest BCUT2D eigenvalue weighted by Gasteiger charge is 2.04. The summed E-state index contributed by atoms with van der Waals surface area (Å²) in [5.74, 6) is 0.679. The molecule has 0 saturated heterocycles. The van der Waals surface area contributed by atoms with Crippen LogP contribution < -0.4 is 10.1 Å². The molecule has 0 fully saturated rings. The Bertz CT molecular complexity index is 698. The molecule has 0 unspecified atom stereocenters. The van der Waals surface area contributed by atoms with Gasteiger partial charge in [-0.15, -0.1) is 0 Å². The Balaban J connectivity index is 1.65. The van der Waals surface area contributed by atoms with Crippen molar-refractivity contribution in [1.29, 1.82) is 0 Å². The van der Waals surface area contributed by atoms with E-state index in [1.165, 1.54) is 6.92 Å². The van der Waals surface area contributed by atoms with Crippen LogP contribution in [0.4, 0.5) is 0 Å². The molecule has 2 aromatic carbocycles. The number of ketones is 1. The number of carbonyl (C=O) groups is 2. The number of amides is 1. The molecule has 0 aromatic heterocycles. The summed E-state index contributed by atoms with van der Waals surface area (Å²) < 4.78 is 5.56. The summed E-state index contributed by atoms with van der Waals surface area (Å²) in [6, 6.07) is 14.4. The predicted molar refractivity (Wildman–Crippen MR) is 94.5 cm³/mol. The van der Waals surface area contributed by atoms with Crippen molar-refractivity contribution in [3.63, 3.8) is 0 Å². The lowest BCUT2D eigenvalue weighted by Gasteiger charge is -2.08. The number of ether oxygens (including phenoxy) is 1. The minimum atomic E-state index is -0.0366. The van der Waals surface area contributed by atoms with E-state index in [0.29, 0.717) is 42.3 Å². The van der Waals surface area contributed by atoms with E-state index in [1.54, 1.807) is 30.3 Å². The molecule has 24 heavy (non-hydrogen) atoms. The van der Waals surface area contributed by atoms with Gasteiger partial charge in [0.25, 0.3) is 0 Å². The van der Waals surface area contributed by atoms with Gasteiger partial charge < -0.3 is 10.1 Å². The largest absolute Gasteiger partial charge is 0.494 e. The predicted octanol–water partition coefficient (Wildman–Crippen LogP) is 4.02. The Hall–Kier alpha value is -2.33. The zero-order valence-corrected chi connectivity index (χ0v) is 14.3. The molecule has 0 spiro atoms. The highest BCUT2D eigenvalue weighted by Crippen LogP contribution is 2.15. The Kier molecular flexibility index (Phi) is 6.82. The topological polar surface area (TPSA) is 55.4 Å². The van der Waals surface area contributed by atoms with Crippen molar-refractivity contribution in [3.8, 4) is 5.75 Å². The highest BCUT2D eigenvalue weighted by molar-refractivity contribution is 6.31. The van der Waals surface area contributed by atoms with Crippen LogP contribution in [0.2, 0.25) is 5.02 Å². The van der Waals surface area contributed by atoms with E-state index < -0.39 is 0 Å². The second-order valence-electron chi connectivity index (χ2n) is 5.40. The van der Waals surface area contributed by atoms with E-state index in [2.05, 4.69) is 5.32 Å². The summed E-state index contributed by atoms with van der Waals surface area (Å²) in [6.07, 6.45) is 0.999. The summed E-state index contributed by atoms with van der Waals surface area (Å²) >= 11 is 6.04. The molecule has 2 rings (SSSR count). The fourth-order valence-corrected chi connectivity index (χ4v) is 2.34. The molecule has 1 amide bonds. The average Bonchev–Trinajstić information content (AvgIpc) is 2.58. The molecule has 1 N–H and O–H groups in total. The van der Waals surface area contributed by atoms with Gasteiger partial charge >= 0.3 is 0 Å². The van der Waals surface area contributed by atoms with Gasteiger partial charge in [0, 0.05) is 23.6 Å². The van der Waals surface area contributed by atoms with Crippen molar-refractivity contribution in [1.82, 2.24) is 5.32 Å². The third-order valence-electron chi connectivity index (χ3n) is 3.51. The molecule has 0 aliphatic carbocycles. The lowest BCUT2D eigenvalue weighted by Crippen LogP contribution is -2.23. The summed E-state index contributed by atoms with van der Waals surface area (Å²) in [5.41, 5.74) is 1.55. The first kappa shape index (κ1) is 18.0. The zero-order valence-electron chi connectivity index (χ0n) is 13.5. The number of hydrogen-bond donors (Lipinski definition) is 1. The van der Waals surface area contributed by atoms with E-state index in [1.807, 2.05) is 18.2 Å². The standard InChI is InChI=1S/C19H20ClNO3/c1-14(22)15-8-10-17(11-9-15)24-12-4-7-19(23)21-13-16-5-2-3-6-18(16)20/h2-3,5-6,8-11H,4,7,12-13H2,1H3,(H,21,23). The van der Waals surface area contributed by atoms with E-state index in [-0.39, 0.29) is 11.7 Å². The summed E-state index contributed by atoms with van der Waals surface area (Å²) in [4.78, 5) is 23.0. The van der Waals surface area contributed by atoms with Crippen LogP contribution in [0, 0.1) is 0 Å². The molecule has 0 bridgehead atoms. The second kappa shape index (κ2) is 9.08.